The van der Waals surface area contributed by atoms with E-state index < -0.39 is 0 Å². The minimum Gasteiger partial charge on any atom is -0.304 e. The van der Waals surface area contributed by atoms with Crippen LogP contribution in [-0.4, -0.2) is 55.4 Å². The van der Waals surface area contributed by atoms with E-state index in [1.165, 1.54) is 0 Å². The van der Waals surface area contributed by atoms with Crippen molar-refractivity contribution < 1.29 is 4.79 Å². The molecule has 1 heterocycles. The largest absolute Gasteiger partial charge is 0.304 e. The van der Waals surface area contributed by atoms with Crippen molar-refractivity contribution >= 4 is 5.78 Å². The predicted molar refractivity (Wildman–Crippen MR) is 69.4 cm³/mol. The molecule has 0 aliphatic carbocycles. The number of benzene rings is 1. The molecule has 0 spiro atoms. The number of rotatable bonds is 3. The van der Waals surface area contributed by atoms with Crippen molar-refractivity contribution in [2.45, 2.75) is 0 Å². The van der Waals surface area contributed by atoms with Crippen LogP contribution >= 0.6 is 0 Å². The molecular weight excluding hydrogens is 226 g/mol. The van der Waals surface area contributed by atoms with Crippen LogP contribution in [-0.2, 0) is 0 Å². The summed E-state index contributed by atoms with van der Waals surface area (Å²) in [6.07, 6.45) is 0. The Labute approximate surface area is 107 Å². The number of likely N-dealkylation sites (N-methyl/N-ethyl adjacent to an activating group) is 1. The molecule has 1 aromatic carbocycles. The van der Waals surface area contributed by atoms with Crippen molar-refractivity contribution in [3.63, 3.8) is 0 Å². The maximum absolute atomic E-state index is 12.1. The number of Topliss-reactive ketones (excluding diaryl/α,β-unsaturated/α-hetero) is 1. The maximum Gasteiger partial charge on any atom is 0.176 e. The Balaban J connectivity index is 1.93. The van der Waals surface area contributed by atoms with Gasteiger partial charge in [0, 0.05) is 31.7 Å². The summed E-state index contributed by atoms with van der Waals surface area (Å²) in [5.41, 5.74) is 1.28. The highest BCUT2D eigenvalue weighted by Gasteiger charge is 2.17. The van der Waals surface area contributed by atoms with E-state index in [0.29, 0.717) is 17.7 Å². The summed E-state index contributed by atoms with van der Waals surface area (Å²) in [6, 6.07) is 8.90. The van der Waals surface area contributed by atoms with Crippen LogP contribution in [0, 0.1) is 11.3 Å². The lowest BCUT2D eigenvalue weighted by Gasteiger charge is -2.31. The van der Waals surface area contributed by atoms with Gasteiger partial charge in [-0.3, -0.25) is 9.69 Å². The smallest absolute Gasteiger partial charge is 0.176 e. The summed E-state index contributed by atoms with van der Waals surface area (Å²) in [6.45, 7) is 4.39. The summed E-state index contributed by atoms with van der Waals surface area (Å²) in [4.78, 5) is 16.5. The normalized spacial score (nSPS) is 17.3. The zero-order valence-electron chi connectivity index (χ0n) is 10.6. The topological polar surface area (TPSA) is 47.3 Å². The number of hydrogen-bond donors (Lipinski definition) is 0. The Morgan fingerprint density at radius 2 is 1.83 bits per heavy atom. The van der Waals surface area contributed by atoms with Crippen molar-refractivity contribution in [2.24, 2.45) is 0 Å². The molecule has 94 valence electrons. The van der Waals surface area contributed by atoms with Crippen LogP contribution in [0.5, 0.6) is 0 Å². The summed E-state index contributed by atoms with van der Waals surface area (Å²) in [7, 11) is 2.10. The van der Waals surface area contributed by atoms with Crippen molar-refractivity contribution in [3.05, 3.63) is 35.4 Å². The average molecular weight is 243 g/mol. The minimum absolute atomic E-state index is 0.129. The Kier molecular flexibility index (Phi) is 4.08. The van der Waals surface area contributed by atoms with Crippen molar-refractivity contribution in [3.8, 4) is 6.07 Å². The number of hydrogen-bond acceptors (Lipinski definition) is 4. The zero-order valence-corrected chi connectivity index (χ0v) is 10.6. The first kappa shape index (κ1) is 12.7. The molecule has 18 heavy (non-hydrogen) atoms. The fourth-order valence-electron chi connectivity index (χ4n) is 2.03. The van der Waals surface area contributed by atoms with Gasteiger partial charge >= 0.3 is 0 Å². The van der Waals surface area contributed by atoms with Gasteiger partial charge in [0.25, 0.3) is 0 Å². The van der Waals surface area contributed by atoms with Gasteiger partial charge in [-0.1, -0.05) is 12.1 Å². The first-order chi connectivity index (χ1) is 8.69. The quantitative estimate of drug-likeness (QED) is 0.743. The van der Waals surface area contributed by atoms with Crippen molar-refractivity contribution in [1.29, 1.82) is 5.26 Å². The molecule has 0 atom stereocenters. The van der Waals surface area contributed by atoms with Gasteiger partial charge in [0.15, 0.2) is 5.78 Å². The summed E-state index contributed by atoms with van der Waals surface area (Å²) in [5.74, 6) is 0.129. The third kappa shape index (κ3) is 3.16. The lowest BCUT2D eigenvalue weighted by molar-refractivity contribution is 0.0876. The molecule has 0 amide bonds. The molecule has 2 rings (SSSR count). The second-order valence-corrected chi connectivity index (χ2v) is 4.69. The van der Waals surface area contributed by atoms with E-state index in [1.54, 1.807) is 24.3 Å². The molecule has 4 heteroatoms. The summed E-state index contributed by atoms with van der Waals surface area (Å²) >= 11 is 0. The number of carbonyl (C=O) groups is 1. The molecule has 0 saturated carbocycles. The van der Waals surface area contributed by atoms with Gasteiger partial charge in [-0.25, -0.2) is 0 Å². The Morgan fingerprint density at radius 3 is 2.39 bits per heavy atom. The molecule has 0 bridgehead atoms. The number of piperazine rings is 1. The van der Waals surface area contributed by atoms with Crippen molar-refractivity contribution in [1.82, 2.24) is 9.80 Å². The Hall–Kier alpha value is -1.70. The van der Waals surface area contributed by atoms with Gasteiger partial charge in [-0.05, 0) is 19.2 Å². The van der Waals surface area contributed by atoms with Crippen LogP contribution in [0.25, 0.3) is 0 Å². The SMILES string of the molecule is CN1CCN(CC(=O)c2ccc(C#N)cc2)CC1. The highest BCUT2D eigenvalue weighted by Crippen LogP contribution is 2.07. The van der Waals surface area contributed by atoms with Crippen LogP contribution < -0.4 is 0 Å². The standard InChI is InChI=1S/C14H17N3O/c1-16-6-8-17(9-7-16)11-14(18)13-4-2-12(10-15)3-5-13/h2-5H,6-9,11H2,1H3. The fourth-order valence-corrected chi connectivity index (χ4v) is 2.03. The molecule has 0 aromatic heterocycles. The van der Waals surface area contributed by atoms with E-state index in [0.717, 1.165) is 26.2 Å². The highest BCUT2D eigenvalue weighted by molar-refractivity contribution is 5.97. The fraction of sp³-hybridized carbons (Fsp3) is 0.429. The molecule has 1 fully saturated rings. The maximum atomic E-state index is 12.1. The number of nitrogens with zero attached hydrogens (tertiary/aromatic N) is 3. The molecule has 0 unspecified atom stereocenters. The van der Waals surface area contributed by atoms with E-state index in [2.05, 4.69) is 22.9 Å². The van der Waals surface area contributed by atoms with Gasteiger partial charge in [0.1, 0.15) is 0 Å². The molecule has 4 nitrogen and oxygen atoms in total. The van der Waals surface area contributed by atoms with E-state index in [9.17, 15) is 4.79 Å². The molecular formula is C14H17N3O. The van der Waals surface area contributed by atoms with Crippen LogP contribution in [0.2, 0.25) is 0 Å². The van der Waals surface area contributed by atoms with Gasteiger partial charge in [-0.15, -0.1) is 0 Å². The highest BCUT2D eigenvalue weighted by atomic mass is 16.1. The van der Waals surface area contributed by atoms with Crippen LogP contribution in [0.1, 0.15) is 15.9 Å². The minimum atomic E-state index is 0.129. The van der Waals surface area contributed by atoms with Crippen molar-refractivity contribution in [2.75, 3.05) is 39.8 Å². The molecule has 1 aliphatic heterocycles. The van der Waals surface area contributed by atoms with Crippen LogP contribution in [0.4, 0.5) is 0 Å². The second kappa shape index (κ2) is 5.76. The molecule has 1 aromatic rings. The number of ketones is 1. The number of nitriles is 1. The molecule has 0 radical (unpaired) electrons. The lowest BCUT2D eigenvalue weighted by atomic mass is 10.1. The predicted octanol–water partition coefficient (Wildman–Crippen LogP) is 0.988. The summed E-state index contributed by atoms with van der Waals surface area (Å²) in [5, 5.41) is 8.71. The van der Waals surface area contributed by atoms with Gasteiger partial charge < -0.3 is 4.90 Å². The first-order valence-corrected chi connectivity index (χ1v) is 6.13. The lowest BCUT2D eigenvalue weighted by Crippen LogP contribution is -2.46. The molecule has 1 saturated heterocycles. The molecule has 0 N–H and O–H groups in total. The van der Waals surface area contributed by atoms with Crippen LogP contribution in [0.15, 0.2) is 24.3 Å². The van der Waals surface area contributed by atoms with Gasteiger partial charge in [-0.2, -0.15) is 5.26 Å². The zero-order chi connectivity index (χ0) is 13.0. The second-order valence-electron chi connectivity index (χ2n) is 4.69. The Bertz CT molecular complexity index is 453. The number of carbonyl (C=O) groups excluding carboxylic acids is 1. The molecule has 1 aliphatic rings. The van der Waals surface area contributed by atoms with Gasteiger partial charge in [0.2, 0.25) is 0 Å². The first-order valence-electron chi connectivity index (χ1n) is 6.13. The van der Waals surface area contributed by atoms with E-state index in [-0.39, 0.29) is 5.78 Å². The van der Waals surface area contributed by atoms with Crippen LogP contribution in [0.3, 0.4) is 0 Å². The monoisotopic (exact) mass is 243 g/mol. The van der Waals surface area contributed by atoms with E-state index in [4.69, 9.17) is 5.26 Å². The van der Waals surface area contributed by atoms with E-state index >= 15 is 0 Å². The third-order valence-corrected chi connectivity index (χ3v) is 3.30. The third-order valence-electron chi connectivity index (χ3n) is 3.30. The van der Waals surface area contributed by atoms with E-state index in [1.807, 2.05) is 0 Å². The van der Waals surface area contributed by atoms with Gasteiger partial charge in [0.05, 0.1) is 18.2 Å². The summed E-state index contributed by atoms with van der Waals surface area (Å²) < 4.78 is 0. The average Bonchev–Trinajstić information content (AvgIpc) is 2.41. The Morgan fingerprint density at radius 1 is 1.22 bits per heavy atom.